The van der Waals surface area contributed by atoms with Crippen LogP contribution in [0.2, 0.25) is 0 Å². The molecule has 0 saturated heterocycles. The molecule has 8 nitrogen and oxygen atoms in total. The van der Waals surface area contributed by atoms with E-state index in [1.54, 1.807) is 31.4 Å². The summed E-state index contributed by atoms with van der Waals surface area (Å²) in [7, 11) is 6.20. The highest BCUT2D eigenvalue weighted by atomic mass is 16.5. The number of benzene rings is 3. The fourth-order valence-electron chi connectivity index (χ4n) is 3.90. The molecule has 0 unspecified atom stereocenters. The molecule has 0 atom stereocenters. The number of methoxy groups -OCH3 is 4. The molecule has 4 aromatic rings. The zero-order valence-corrected chi connectivity index (χ0v) is 20.9. The van der Waals surface area contributed by atoms with E-state index >= 15 is 0 Å². The van der Waals surface area contributed by atoms with Crippen LogP contribution in [-0.2, 0) is 0 Å². The Labute approximate surface area is 209 Å². The molecule has 1 heterocycles. The highest BCUT2D eigenvalue weighted by Crippen LogP contribution is 2.40. The molecule has 0 aliphatic carbocycles. The van der Waals surface area contributed by atoms with Crippen LogP contribution in [0.25, 0.3) is 22.2 Å². The molecule has 1 aromatic heterocycles. The number of fused-ring (bicyclic) bond motifs is 1. The SMILES string of the molecule is CCOc1cc(-c2cccc(OC)c2)nc2ccc(C(=O)Nc3cc(OC)c(OC)c(OC)c3)cc12. The number of carbonyl (C=O) groups excluding carboxylic acids is 1. The number of carbonyl (C=O) groups is 1. The lowest BCUT2D eigenvalue weighted by Crippen LogP contribution is -2.12. The molecule has 4 rings (SSSR count). The van der Waals surface area contributed by atoms with Gasteiger partial charge in [0.15, 0.2) is 11.5 Å². The van der Waals surface area contributed by atoms with E-state index in [2.05, 4.69) is 5.32 Å². The summed E-state index contributed by atoms with van der Waals surface area (Å²) in [6, 6.07) is 18.2. The second kappa shape index (κ2) is 10.9. The van der Waals surface area contributed by atoms with E-state index in [9.17, 15) is 4.79 Å². The summed E-state index contributed by atoms with van der Waals surface area (Å²) in [5, 5.41) is 3.63. The first-order valence-electron chi connectivity index (χ1n) is 11.3. The average molecular weight is 489 g/mol. The van der Waals surface area contributed by atoms with E-state index < -0.39 is 0 Å². The van der Waals surface area contributed by atoms with E-state index in [-0.39, 0.29) is 5.91 Å². The van der Waals surface area contributed by atoms with Crippen molar-refractivity contribution >= 4 is 22.5 Å². The molecule has 186 valence electrons. The molecule has 1 amide bonds. The van der Waals surface area contributed by atoms with Gasteiger partial charge in [0, 0.05) is 40.4 Å². The number of amides is 1. The third-order valence-corrected chi connectivity index (χ3v) is 5.62. The van der Waals surface area contributed by atoms with Crippen LogP contribution in [0.1, 0.15) is 17.3 Å². The average Bonchev–Trinajstić information content (AvgIpc) is 2.92. The Bertz CT molecular complexity index is 1380. The van der Waals surface area contributed by atoms with Gasteiger partial charge in [0.2, 0.25) is 5.75 Å². The normalized spacial score (nSPS) is 10.6. The van der Waals surface area contributed by atoms with E-state index in [4.69, 9.17) is 28.7 Å². The lowest BCUT2D eigenvalue weighted by atomic mass is 10.1. The maximum Gasteiger partial charge on any atom is 0.255 e. The Hall–Kier alpha value is -4.46. The van der Waals surface area contributed by atoms with E-state index in [0.29, 0.717) is 46.4 Å². The van der Waals surface area contributed by atoms with Crippen LogP contribution in [0.5, 0.6) is 28.7 Å². The topological polar surface area (TPSA) is 88.1 Å². The highest BCUT2D eigenvalue weighted by molar-refractivity contribution is 6.07. The number of nitrogens with zero attached hydrogens (tertiary/aromatic N) is 1. The molecule has 0 fully saturated rings. The maximum atomic E-state index is 13.1. The predicted molar refractivity (Wildman–Crippen MR) is 139 cm³/mol. The van der Waals surface area contributed by atoms with E-state index in [0.717, 1.165) is 22.4 Å². The van der Waals surface area contributed by atoms with Gasteiger partial charge in [-0.3, -0.25) is 4.79 Å². The van der Waals surface area contributed by atoms with Crippen LogP contribution in [0.4, 0.5) is 5.69 Å². The van der Waals surface area contributed by atoms with Gasteiger partial charge in [0.05, 0.1) is 46.3 Å². The predicted octanol–water partition coefficient (Wildman–Crippen LogP) is 5.59. The molecule has 36 heavy (non-hydrogen) atoms. The lowest BCUT2D eigenvalue weighted by Gasteiger charge is -2.15. The highest BCUT2D eigenvalue weighted by Gasteiger charge is 2.17. The number of rotatable bonds is 9. The van der Waals surface area contributed by atoms with Crippen molar-refractivity contribution in [1.82, 2.24) is 4.98 Å². The number of aromatic nitrogens is 1. The summed E-state index contributed by atoms with van der Waals surface area (Å²) in [6.45, 7) is 2.39. The minimum Gasteiger partial charge on any atom is -0.497 e. The molecular weight excluding hydrogens is 460 g/mol. The summed E-state index contributed by atoms with van der Waals surface area (Å²) >= 11 is 0. The number of nitrogens with one attached hydrogen (secondary N) is 1. The molecule has 0 spiro atoms. The van der Waals surface area contributed by atoms with Gasteiger partial charge in [-0.1, -0.05) is 12.1 Å². The van der Waals surface area contributed by atoms with E-state index in [1.165, 1.54) is 21.3 Å². The Balaban J connectivity index is 1.70. The van der Waals surface area contributed by atoms with Crippen LogP contribution in [-0.4, -0.2) is 45.9 Å². The smallest absolute Gasteiger partial charge is 0.255 e. The van der Waals surface area contributed by atoms with Gasteiger partial charge in [-0.05, 0) is 37.3 Å². The number of hydrogen-bond acceptors (Lipinski definition) is 7. The van der Waals surface area contributed by atoms with E-state index in [1.807, 2.05) is 43.3 Å². The molecule has 0 radical (unpaired) electrons. The fourth-order valence-corrected chi connectivity index (χ4v) is 3.90. The van der Waals surface area contributed by atoms with Crippen LogP contribution in [0.3, 0.4) is 0 Å². The van der Waals surface area contributed by atoms with Crippen LogP contribution in [0.15, 0.2) is 60.7 Å². The number of anilines is 1. The first kappa shape index (κ1) is 24.7. The first-order valence-corrected chi connectivity index (χ1v) is 11.3. The second-order valence-electron chi connectivity index (χ2n) is 7.77. The van der Waals surface area contributed by atoms with Crippen molar-refractivity contribution in [1.29, 1.82) is 0 Å². The van der Waals surface area contributed by atoms with Crippen LogP contribution in [0, 0.1) is 0 Å². The van der Waals surface area contributed by atoms with Crippen LogP contribution >= 0.6 is 0 Å². The third-order valence-electron chi connectivity index (χ3n) is 5.62. The lowest BCUT2D eigenvalue weighted by molar-refractivity contribution is 0.102. The van der Waals surface area contributed by atoms with Crippen molar-refractivity contribution in [2.45, 2.75) is 6.92 Å². The molecule has 3 aromatic carbocycles. The molecule has 0 saturated carbocycles. The number of ether oxygens (including phenoxy) is 5. The second-order valence-corrected chi connectivity index (χ2v) is 7.77. The summed E-state index contributed by atoms with van der Waals surface area (Å²) in [6.07, 6.45) is 0. The molecule has 0 aliphatic heterocycles. The van der Waals surface area contributed by atoms with Gasteiger partial charge in [-0.2, -0.15) is 0 Å². The van der Waals surface area contributed by atoms with Crippen molar-refractivity contribution in [3.63, 3.8) is 0 Å². The van der Waals surface area contributed by atoms with Gasteiger partial charge < -0.3 is 29.0 Å². The standard InChI is InChI=1S/C28H28N2O6/c1-6-36-24-16-23(17-8-7-9-20(12-17)32-2)30-22-11-10-18(13-21(22)24)28(31)29-19-14-25(33-3)27(35-5)26(15-19)34-4/h7-16H,6H2,1-5H3,(H,29,31). The monoisotopic (exact) mass is 488 g/mol. The zero-order chi connectivity index (χ0) is 25.7. The number of pyridine rings is 1. The van der Waals surface area contributed by atoms with Gasteiger partial charge in [-0.15, -0.1) is 0 Å². The third kappa shape index (κ3) is 4.98. The minimum atomic E-state index is -0.300. The molecule has 1 N–H and O–H groups in total. The zero-order valence-electron chi connectivity index (χ0n) is 20.9. The Kier molecular flexibility index (Phi) is 7.44. The summed E-state index contributed by atoms with van der Waals surface area (Å²) < 4.78 is 27.4. The minimum absolute atomic E-state index is 0.300. The van der Waals surface area contributed by atoms with Gasteiger partial charge in [-0.25, -0.2) is 4.98 Å². The van der Waals surface area contributed by atoms with Crippen molar-refractivity contribution in [2.75, 3.05) is 40.4 Å². The molecule has 0 bridgehead atoms. The molecule has 8 heteroatoms. The van der Waals surface area contributed by atoms with Crippen molar-refractivity contribution in [2.24, 2.45) is 0 Å². The van der Waals surface area contributed by atoms with Crippen molar-refractivity contribution in [3.05, 3.63) is 66.2 Å². The molecule has 0 aliphatic rings. The maximum absolute atomic E-state index is 13.1. The van der Waals surface area contributed by atoms with Gasteiger partial charge in [0.25, 0.3) is 5.91 Å². The number of hydrogen-bond donors (Lipinski definition) is 1. The van der Waals surface area contributed by atoms with Crippen molar-refractivity contribution < 1.29 is 28.5 Å². The Morgan fingerprint density at radius 2 is 1.58 bits per heavy atom. The van der Waals surface area contributed by atoms with Crippen LogP contribution < -0.4 is 29.0 Å². The fraction of sp³-hybridized carbons (Fsp3) is 0.214. The molecular formula is C28H28N2O6. The Morgan fingerprint density at radius 1 is 0.833 bits per heavy atom. The first-order chi connectivity index (χ1) is 17.5. The summed E-state index contributed by atoms with van der Waals surface area (Å²) in [4.78, 5) is 17.9. The van der Waals surface area contributed by atoms with Gasteiger partial charge in [0.1, 0.15) is 11.5 Å². The van der Waals surface area contributed by atoms with Crippen molar-refractivity contribution in [3.8, 4) is 40.0 Å². The summed E-state index contributed by atoms with van der Waals surface area (Å²) in [5.74, 6) is 2.42. The van der Waals surface area contributed by atoms with Gasteiger partial charge >= 0.3 is 0 Å². The quantitative estimate of drug-likeness (QED) is 0.329. The summed E-state index contributed by atoms with van der Waals surface area (Å²) in [5.41, 5.74) is 3.32. The Morgan fingerprint density at radius 3 is 2.22 bits per heavy atom. The largest absolute Gasteiger partial charge is 0.497 e.